The monoisotopic (exact) mass is 338 g/mol. The molecule has 0 saturated carbocycles. The van der Waals surface area contributed by atoms with Crippen molar-refractivity contribution in [1.82, 2.24) is 5.32 Å². The van der Waals surface area contributed by atoms with E-state index in [1.54, 1.807) is 6.07 Å². The Bertz CT molecular complexity index is 605. The van der Waals surface area contributed by atoms with Crippen LogP contribution in [0.25, 0.3) is 0 Å². The van der Waals surface area contributed by atoms with Gasteiger partial charge in [-0.2, -0.15) is 0 Å². The molecule has 2 rings (SSSR count). The summed E-state index contributed by atoms with van der Waals surface area (Å²) >= 11 is 3.40. The fraction of sp³-hybridized carbons (Fsp3) is 0.286. The van der Waals surface area contributed by atoms with Crippen LogP contribution in [0.15, 0.2) is 45.3 Å². The van der Waals surface area contributed by atoms with E-state index in [1.807, 2.05) is 38.1 Å². The van der Waals surface area contributed by atoms with E-state index in [-0.39, 0.29) is 11.4 Å². The van der Waals surface area contributed by atoms with Crippen LogP contribution in [-0.4, -0.2) is 4.92 Å². The van der Waals surface area contributed by atoms with Gasteiger partial charge in [-0.15, -0.1) is 0 Å². The first-order valence-corrected chi connectivity index (χ1v) is 6.92. The fourth-order valence-electron chi connectivity index (χ4n) is 1.84. The average Bonchev–Trinajstić information content (AvgIpc) is 2.86. The molecule has 1 aromatic heterocycles. The molecule has 106 valence electrons. The highest BCUT2D eigenvalue weighted by Crippen LogP contribution is 2.23. The number of hydrogen-bond acceptors (Lipinski definition) is 4. The topological polar surface area (TPSA) is 68.3 Å². The number of nitrogens with one attached hydrogen (secondary N) is 1. The predicted molar refractivity (Wildman–Crippen MR) is 79.4 cm³/mol. The summed E-state index contributed by atoms with van der Waals surface area (Å²) in [4.78, 5) is 10.0. The average molecular weight is 339 g/mol. The van der Waals surface area contributed by atoms with Crippen molar-refractivity contribution in [2.24, 2.45) is 0 Å². The lowest BCUT2D eigenvalue weighted by molar-refractivity contribution is -0.402. The summed E-state index contributed by atoms with van der Waals surface area (Å²) in [6, 6.07) is 11.0. The molecule has 0 aliphatic carbocycles. The highest BCUT2D eigenvalue weighted by Gasteiger charge is 2.21. The van der Waals surface area contributed by atoms with Crippen molar-refractivity contribution in [3.8, 4) is 0 Å². The molecule has 0 bridgehead atoms. The Morgan fingerprint density at radius 2 is 1.90 bits per heavy atom. The minimum absolute atomic E-state index is 0.233. The van der Waals surface area contributed by atoms with Crippen LogP contribution in [0.3, 0.4) is 0 Å². The summed E-state index contributed by atoms with van der Waals surface area (Å²) in [5.41, 5.74) is 0.865. The van der Waals surface area contributed by atoms with Crippen LogP contribution in [0.5, 0.6) is 0 Å². The van der Waals surface area contributed by atoms with Crippen LogP contribution >= 0.6 is 15.9 Å². The first-order chi connectivity index (χ1) is 9.38. The molecule has 0 unspecified atom stereocenters. The zero-order valence-electron chi connectivity index (χ0n) is 11.2. The van der Waals surface area contributed by atoms with Gasteiger partial charge in [-0.25, -0.2) is 0 Å². The second-order valence-corrected chi connectivity index (χ2v) is 5.90. The van der Waals surface area contributed by atoms with E-state index in [9.17, 15) is 10.1 Å². The van der Waals surface area contributed by atoms with Crippen LogP contribution in [0.4, 0.5) is 5.88 Å². The van der Waals surface area contributed by atoms with E-state index < -0.39 is 4.92 Å². The molecule has 20 heavy (non-hydrogen) atoms. The van der Waals surface area contributed by atoms with Crippen molar-refractivity contribution in [1.29, 1.82) is 0 Å². The van der Waals surface area contributed by atoms with Gasteiger partial charge < -0.3 is 9.73 Å². The van der Waals surface area contributed by atoms with Gasteiger partial charge in [0, 0.05) is 10.0 Å². The molecule has 1 heterocycles. The van der Waals surface area contributed by atoms with Gasteiger partial charge in [-0.1, -0.05) is 28.1 Å². The Hall–Kier alpha value is -1.66. The first-order valence-electron chi connectivity index (χ1n) is 6.13. The number of benzene rings is 1. The predicted octanol–water partition coefficient (Wildman–Crippen LogP) is 3.98. The minimum atomic E-state index is -0.538. The minimum Gasteiger partial charge on any atom is -0.404 e. The maximum absolute atomic E-state index is 10.6. The molecule has 5 nitrogen and oxygen atoms in total. The second kappa shape index (κ2) is 5.76. The summed E-state index contributed by atoms with van der Waals surface area (Å²) in [6.45, 7) is 4.53. The number of furan rings is 1. The molecule has 0 amide bonds. The van der Waals surface area contributed by atoms with E-state index in [4.69, 9.17) is 4.42 Å². The zero-order chi connectivity index (χ0) is 14.8. The van der Waals surface area contributed by atoms with E-state index in [0.717, 1.165) is 10.0 Å². The van der Waals surface area contributed by atoms with Gasteiger partial charge in [-0.3, -0.25) is 10.1 Å². The number of halogens is 1. The molecule has 0 radical (unpaired) electrons. The Morgan fingerprint density at radius 3 is 2.45 bits per heavy atom. The Labute approximate surface area is 125 Å². The van der Waals surface area contributed by atoms with Crippen molar-refractivity contribution in [3.05, 3.63) is 62.3 Å². The Balaban J connectivity index is 2.04. The van der Waals surface area contributed by atoms with E-state index in [0.29, 0.717) is 12.3 Å². The molecule has 0 aliphatic rings. The molecule has 1 N–H and O–H groups in total. The van der Waals surface area contributed by atoms with Crippen molar-refractivity contribution >= 4 is 21.8 Å². The molecular formula is C14H15BrN2O3. The van der Waals surface area contributed by atoms with Crippen molar-refractivity contribution in [2.75, 3.05) is 0 Å². The Morgan fingerprint density at radius 1 is 1.25 bits per heavy atom. The molecule has 0 atom stereocenters. The van der Waals surface area contributed by atoms with Crippen LogP contribution in [0, 0.1) is 10.1 Å². The highest BCUT2D eigenvalue weighted by molar-refractivity contribution is 9.10. The van der Waals surface area contributed by atoms with Gasteiger partial charge in [0.2, 0.25) is 0 Å². The third-order valence-electron chi connectivity index (χ3n) is 3.10. The highest BCUT2D eigenvalue weighted by atomic mass is 79.9. The molecule has 0 aliphatic heterocycles. The van der Waals surface area contributed by atoms with Gasteiger partial charge in [0.05, 0.1) is 12.6 Å². The second-order valence-electron chi connectivity index (χ2n) is 4.98. The molecule has 0 spiro atoms. The summed E-state index contributed by atoms with van der Waals surface area (Å²) in [5, 5.41) is 13.9. The van der Waals surface area contributed by atoms with Gasteiger partial charge in [0.1, 0.15) is 10.7 Å². The van der Waals surface area contributed by atoms with Crippen LogP contribution in [-0.2, 0) is 12.1 Å². The van der Waals surface area contributed by atoms with E-state index >= 15 is 0 Å². The summed E-state index contributed by atoms with van der Waals surface area (Å²) in [6.07, 6.45) is 0. The van der Waals surface area contributed by atoms with Crippen LogP contribution in [0.1, 0.15) is 25.2 Å². The number of hydrogen-bond donors (Lipinski definition) is 1. The maximum Gasteiger partial charge on any atom is 0.433 e. The third kappa shape index (κ3) is 3.46. The molecule has 1 aromatic carbocycles. The van der Waals surface area contributed by atoms with Crippen molar-refractivity contribution in [3.63, 3.8) is 0 Å². The van der Waals surface area contributed by atoms with Crippen molar-refractivity contribution < 1.29 is 9.34 Å². The smallest absolute Gasteiger partial charge is 0.404 e. The van der Waals surface area contributed by atoms with E-state index in [1.165, 1.54) is 6.07 Å². The van der Waals surface area contributed by atoms with E-state index in [2.05, 4.69) is 21.2 Å². The van der Waals surface area contributed by atoms with Gasteiger partial charge in [0.15, 0.2) is 0 Å². The summed E-state index contributed by atoms with van der Waals surface area (Å²) in [7, 11) is 0. The summed E-state index contributed by atoms with van der Waals surface area (Å²) in [5.74, 6) is 0.310. The standard InChI is InChI=1S/C14H15BrN2O3/c1-14(2,10-3-5-11(15)6-4-10)16-9-12-7-8-13(20-12)17(18)19/h3-8,16H,9H2,1-2H3. The van der Waals surface area contributed by atoms with Gasteiger partial charge in [0.25, 0.3) is 0 Å². The van der Waals surface area contributed by atoms with Crippen LogP contribution < -0.4 is 5.32 Å². The van der Waals surface area contributed by atoms with Gasteiger partial charge in [-0.05, 0) is 37.6 Å². The Kier molecular flexibility index (Phi) is 4.25. The molecule has 0 fully saturated rings. The molecule has 0 saturated heterocycles. The molecular weight excluding hydrogens is 324 g/mol. The zero-order valence-corrected chi connectivity index (χ0v) is 12.8. The third-order valence-corrected chi connectivity index (χ3v) is 3.63. The quantitative estimate of drug-likeness (QED) is 0.661. The first kappa shape index (κ1) is 14.7. The molecule has 6 heteroatoms. The van der Waals surface area contributed by atoms with Crippen molar-refractivity contribution in [2.45, 2.75) is 25.9 Å². The lowest BCUT2D eigenvalue weighted by atomic mass is 9.94. The lowest BCUT2D eigenvalue weighted by Crippen LogP contribution is -2.35. The summed E-state index contributed by atoms with van der Waals surface area (Å²) < 4.78 is 6.15. The largest absolute Gasteiger partial charge is 0.433 e. The lowest BCUT2D eigenvalue weighted by Gasteiger charge is -2.26. The SMILES string of the molecule is CC(C)(NCc1ccc([N+](=O)[O-])o1)c1ccc(Br)cc1. The normalized spacial score (nSPS) is 11.6. The number of nitro groups is 1. The van der Waals surface area contributed by atoms with Crippen LogP contribution in [0.2, 0.25) is 0 Å². The maximum atomic E-state index is 10.6. The number of rotatable bonds is 5. The molecule has 2 aromatic rings. The fourth-order valence-corrected chi connectivity index (χ4v) is 2.10. The number of nitrogens with zero attached hydrogens (tertiary/aromatic N) is 1. The van der Waals surface area contributed by atoms with Gasteiger partial charge >= 0.3 is 5.88 Å².